The second kappa shape index (κ2) is 7.79. The smallest absolute Gasteiger partial charge is 0.124 e. The Labute approximate surface area is 169 Å². The molecule has 0 atom stereocenters. The molecule has 0 radical (unpaired) electrons. The van der Waals surface area contributed by atoms with E-state index in [1.54, 1.807) is 20.4 Å². The van der Waals surface area contributed by atoms with Crippen molar-refractivity contribution in [1.29, 1.82) is 0 Å². The lowest BCUT2D eigenvalue weighted by molar-refractivity contribution is 0.395. The lowest BCUT2D eigenvalue weighted by Crippen LogP contribution is -1.99. The van der Waals surface area contributed by atoms with Crippen molar-refractivity contribution in [3.05, 3.63) is 55.0 Å². The molecule has 0 saturated carbocycles. The molecule has 2 aromatic carbocycles. The normalized spacial score (nSPS) is 11.1. The highest BCUT2D eigenvalue weighted by atomic mass is 16.5. The van der Waals surface area contributed by atoms with Crippen molar-refractivity contribution >= 4 is 22.4 Å². The number of hydrogen-bond acceptors (Lipinski definition) is 6. The Bertz CT molecular complexity index is 1130. The molecule has 0 amide bonds. The van der Waals surface area contributed by atoms with Gasteiger partial charge in [0.15, 0.2) is 0 Å². The van der Waals surface area contributed by atoms with E-state index in [1.165, 1.54) is 0 Å². The summed E-state index contributed by atoms with van der Waals surface area (Å²) in [5.41, 5.74) is 5.15. The molecule has 0 aliphatic heterocycles. The third-order valence-corrected chi connectivity index (χ3v) is 4.61. The first-order valence-corrected chi connectivity index (χ1v) is 9.37. The lowest BCUT2D eigenvalue weighted by Gasteiger charge is -2.11. The molecule has 2 aromatic heterocycles. The lowest BCUT2D eigenvalue weighted by atomic mass is 10.2. The summed E-state index contributed by atoms with van der Waals surface area (Å²) < 4.78 is 12.6. The number of benzene rings is 2. The number of fused-ring (bicyclic) bond motifs is 1. The van der Waals surface area contributed by atoms with E-state index < -0.39 is 0 Å². The van der Waals surface area contributed by atoms with Crippen molar-refractivity contribution in [3.63, 3.8) is 0 Å². The molecule has 0 saturated heterocycles. The largest absolute Gasteiger partial charge is 0.497 e. The highest BCUT2D eigenvalue weighted by molar-refractivity contribution is 5.82. The fourth-order valence-corrected chi connectivity index (χ4v) is 3.03. The predicted octanol–water partition coefficient (Wildman–Crippen LogP) is 4.84. The van der Waals surface area contributed by atoms with Gasteiger partial charge in [-0.3, -0.25) is 9.67 Å². The number of rotatable bonds is 6. The van der Waals surface area contributed by atoms with E-state index in [-0.39, 0.29) is 0 Å². The maximum Gasteiger partial charge on any atom is 0.124 e. The minimum atomic E-state index is 0.299. The third-order valence-electron chi connectivity index (χ3n) is 4.61. The molecule has 4 aromatic rings. The van der Waals surface area contributed by atoms with E-state index in [0.29, 0.717) is 6.04 Å². The zero-order chi connectivity index (χ0) is 20.4. The predicted molar refractivity (Wildman–Crippen MR) is 114 cm³/mol. The van der Waals surface area contributed by atoms with Gasteiger partial charge < -0.3 is 14.8 Å². The summed E-state index contributed by atoms with van der Waals surface area (Å²) >= 11 is 0. The summed E-state index contributed by atoms with van der Waals surface area (Å²) in [5.74, 6) is 1.44. The zero-order valence-corrected chi connectivity index (χ0v) is 16.9. The second-order valence-corrected chi connectivity index (χ2v) is 6.99. The summed E-state index contributed by atoms with van der Waals surface area (Å²) in [6, 6.07) is 11.9. The Kier molecular flexibility index (Phi) is 5.03. The molecule has 0 spiro atoms. The Morgan fingerprint density at radius 3 is 2.31 bits per heavy atom. The maximum absolute atomic E-state index is 5.34. The summed E-state index contributed by atoms with van der Waals surface area (Å²) in [7, 11) is 3.26. The second-order valence-electron chi connectivity index (χ2n) is 6.99. The van der Waals surface area contributed by atoms with Gasteiger partial charge >= 0.3 is 0 Å². The van der Waals surface area contributed by atoms with Gasteiger partial charge in [0.1, 0.15) is 11.5 Å². The van der Waals surface area contributed by atoms with Crippen molar-refractivity contribution < 1.29 is 9.47 Å². The first-order valence-electron chi connectivity index (χ1n) is 9.37. The molecular formula is C22H23N5O2. The summed E-state index contributed by atoms with van der Waals surface area (Å²) in [4.78, 5) is 9.33. The maximum atomic E-state index is 5.34. The highest BCUT2D eigenvalue weighted by Gasteiger charge is 2.08. The van der Waals surface area contributed by atoms with Gasteiger partial charge in [-0.1, -0.05) is 0 Å². The number of methoxy groups -OCH3 is 2. The number of anilines is 2. The van der Waals surface area contributed by atoms with Crippen LogP contribution in [0.1, 0.15) is 19.9 Å². The van der Waals surface area contributed by atoms with Crippen LogP contribution >= 0.6 is 0 Å². The first kappa shape index (κ1) is 18.7. The van der Waals surface area contributed by atoms with Gasteiger partial charge in [0.25, 0.3) is 0 Å². The van der Waals surface area contributed by atoms with Crippen LogP contribution in [0.15, 0.2) is 55.0 Å². The molecule has 0 aliphatic rings. The van der Waals surface area contributed by atoms with Gasteiger partial charge in [-0.15, -0.1) is 0 Å². The monoisotopic (exact) mass is 389 g/mol. The third kappa shape index (κ3) is 3.99. The van der Waals surface area contributed by atoms with Crippen LogP contribution in [0.2, 0.25) is 0 Å². The summed E-state index contributed by atoms with van der Waals surface area (Å²) in [6.07, 6.45) is 5.59. The van der Waals surface area contributed by atoms with E-state index >= 15 is 0 Å². The molecule has 0 bridgehead atoms. The molecule has 2 heterocycles. The molecule has 4 rings (SSSR count). The fraction of sp³-hybridized carbons (Fsp3) is 0.227. The standard InChI is InChI=1S/C22H23N5O2/c1-14(2)27-13-15(11-24-27)22-12-23-20-6-5-16(9-21(20)26-22)25-17-7-18(28-3)10-19(8-17)29-4/h5-14,25H,1-4H3. The van der Waals surface area contributed by atoms with Crippen molar-refractivity contribution in [2.24, 2.45) is 0 Å². The molecule has 7 heteroatoms. The van der Waals surface area contributed by atoms with Crippen LogP contribution in [-0.2, 0) is 0 Å². The topological polar surface area (TPSA) is 74.1 Å². The van der Waals surface area contributed by atoms with Gasteiger partial charge in [-0.2, -0.15) is 5.10 Å². The Morgan fingerprint density at radius 1 is 0.897 bits per heavy atom. The van der Waals surface area contributed by atoms with Crippen LogP contribution in [0, 0.1) is 0 Å². The van der Waals surface area contributed by atoms with Gasteiger partial charge in [-0.05, 0) is 32.0 Å². The molecule has 0 unspecified atom stereocenters. The van der Waals surface area contributed by atoms with E-state index in [2.05, 4.69) is 29.2 Å². The first-order chi connectivity index (χ1) is 14.1. The number of nitrogens with zero attached hydrogens (tertiary/aromatic N) is 4. The zero-order valence-electron chi connectivity index (χ0n) is 16.9. The quantitative estimate of drug-likeness (QED) is 0.509. The minimum absolute atomic E-state index is 0.299. The van der Waals surface area contributed by atoms with E-state index in [1.807, 2.05) is 53.5 Å². The Hall–Kier alpha value is -3.61. The Morgan fingerprint density at radius 2 is 1.66 bits per heavy atom. The number of hydrogen-bond donors (Lipinski definition) is 1. The number of nitrogens with one attached hydrogen (secondary N) is 1. The van der Waals surface area contributed by atoms with Crippen molar-refractivity contribution in [2.75, 3.05) is 19.5 Å². The average molecular weight is 389 g/mol. The van der Waals surface area contributed by atoms with Crippen LogP contribution < -0.4 is 14.8 Å². The van der Waals surface area contributed by atoms with E-state index in [0.717, 1.165) is 45.2 Å². The van der Waals surface area contributed by atoms with Crippen LogP contribution in [0.4, 0.5) is 11.4 Å². The summed E-state index contributed by atoms with van der Waals surface area (Å²) in [5, 5.41) is 7.77. The van der Waals surface area contributed by atoms with Crippen LogP contribution in [0.5, 0.6) is 11.5 Å². The molecule has 148 valence electrons. The van der Waals surface area contributed by atoms with Gasteiger partial charge in [0, 0.05) is 47.4 Å². The molecular weight excluding hydrogens is 366 g/mol. The number of ether oxygens (including phenoxy) is 2. The molecule has 1 N–H and O–H groups in total. The Balaban J connectivity index is 1.66. The average Bonchev–Trinajstić information content (AvgIpc) is 3.23. The van der Waals surface area contributed by atoms with Crippen molar-refractivity contribution in [2.45, 2.75) is 19.9 Å². The van der Waals surface area contributed by atoms with Crippen LogP contribution in [0.3, 0.4) is 0 Å². The van der Waals surface area contributed by atoms with Crippen molar-refractivity contribution in [3.8, 4) is 22.8 Å². The van der Waals surface area contributed by atoms with Crippen LogP contribution in [-0.4, -0.2) is 34.0 Å². The molecule has 0 aliphatic carbocycles. The number of aromatic nitrogens is 4. The van der Waals surface area contributed by atoms with E-state index in [4.69, 9.17) is 14.5 Å². The molecule has 7 nitrogen and oxygen atoms in total. The van der Waals surface area contributed by atoms with Gasteiger partial charge in [-0.25, -0.2) is 4.98 Å². The highest BCUT2D eigenvalue weighted by Crippen LogP contribution is 2.29. The molecule has 29 heavy (non-hydrogen) atoms. The fourth-order valence-electron chi connectivity index (χ4n) is 3.03. The van der Waals surface area contributed by atoms with E-state index in [9.17, 15) is 0 Å². The minimum Gasteiger partial charge on any atom is -0.497 e. The summed E-state index contributed by atoms with van der Waals surface area (Å²) in [6.45, 7) is 4.18. The van der Waals surface area contributed by atoms with Crippen molar-refractivity contribution in [1.82, 2.24) is 19.7 Å². The van der Waals surface area contributed by atoms with Gasteiger partial charge in [0.2, 0.25) is 0 Å². The van der Waals surface area contributed by atoms with Gasteiger partial charge in [0.05, 0.1) is 43.3 Å². The van der Waals surface area contributed by atoms with Crippen LogP contribution in [0.25, 0.3) is 22.3 Å². The molecule has 0 fully saturated rings. The SMILES string of the molecule is COc1cc(Nc2ccc3ncc(-c4cnn(C(C)C)c4)nc3c2)cc(OC)c1.